The van der Waals surface area contributed by atoms with Gasteiger partial charge in [-0.2, -0.15) is 5.26 Å². The van der Waals surface area contributed by atoms with Gasteiger partial charge in [-0.05, 0) is 37.1 Å². The Kier molecular flexibility index (Phi) is 12.9. The quantitative estimate of drug-likeness (QED) is 0.144. The van der Waals surface area contributed by atoms with E-state index in [2.05, 4.69) is 25.6 Å². The number of halogens is 1. The van der Waals surface area contributed by atoms with Crippen molar-refractivity contribution in [3.63, 3.8) is 0 Å². The van der Waals surface area contributed by atoms with Crippen LogP contribution in [0.5, 0.6) is 0 Å². The molecular weight excluding hydrogens is 354 g/mol. The maximum absolute atomic E-state index is 8.34. The first-order chi connectivity index (χ1) is 12.1. The number of anilines is 1. The van der Waals surface area contributed by atoms with E-state index in [1.807, 2.05) is 12.1 Å². The minimum atomic E-state index is 0. The van der Waals surface area contributed by atoms with Crippen molar-refractivity contribution >= 4 is 35.5 Å². The van der Waals surface area contributed by atoms with Crippen molar-refractivity contribution < 1.29 is 0 Å². The Bertz CT molecular complexity index is 632. The lowest BCUT2D eigenvalue weighted by atomic mass is 10.2. The molecule has 0 fully saturated rings. The van der Waals surface area contributed by atoms with Crippen LogP contribution in [0.3, 0.4) is 0 Å². The highest BCUT2D eigenvalue weighted by atomic mass is 35.5. The molecule has 0 saturated heterocycles. The number of nitrogens with zero attached hydrogens (tertiary/aromatic N) is 4. The molecule has 0 unspecified atom stereocenters. The molecule has 0 aliphatic heterocycles. The molecule has 0 bridgehead atoms. The van der Waals surface area contributed by atoms with Gasteiger partial charge in [0.05, 0.1) is 6.34 Å². The molecule has 1 rings (SSSR count). The summed E-state index contributed by atoms with van der Waals surface area (Å²) in [5, 5.41) is 14.3. The molecule has 0 atom stereocenters. The van der Waals surface area contributed by atoms with E-state index in [0.717, 1.165) is 31.4 Å². The predicted octanol–water partition coefficient (Wildman–Crippen LogP) is 2.20. The van der Waals surface area contributed by atoms with Gasteiger partial charge in [0.15, 0.2) is 6.19 Å². The number of guanidine groups is 2. The summed E-state index contributed by atoms with van der Waals surface area (Å²) in [6, 6.07) is 7.26. The van der Waals surface area contributed by atoms with Gasteiger partial charge in [0, 0.05) is 23.8 Å². The van der Waals surface area contributed by atoms with Crippen molar-refractivity contribution in [1.82, 2.24) is 11.5 Å². The van der Waals surface area contributed by atoms with E-state index in [1.165, 1.54) is 6.34 Å². The Morgan fingerprint density at radius 1 is 1.08 bits per heavy atom. The van der Waals surface area contributed by atoms with Crippen molar-refractivity contribution in [3.8, 4) is 6.19 Å². The summed E-state index contributed by atoms with van der Waals surface area (Å²) in [5.74, 6) is 0.395. The van der Waals surface area contributed by atoms with E-state index in [1.54, 1.807) is 18.3 Å². The number of hydrogen-bond acceptors (Lipinski definition) is 4. The summed E-state index contributed by atoms with van der Waals surface area (Å²) in [5.41, 5.74) is 12.0. The number of aliphatic imine (C=N–C) groups is 3. The SMILES string of the molecule is N.N#CNC(N)=NCCCCCCN=C(N)/N=C/Nc1ccc(Cl)cc1. The second-order valence-electron chi connectivity index (χ2n) is 5.07. The second-order valence-corrected chi connectivity index (χ2v) is 5.50. The van der Waals surface area contributed by atoms with E-state index in [-0.39, 0.29) is 18.1 Å². The molecule has 0 aliphatic rings. The van der Waals surface area contributed by atoms with Crippen LogP contribution in [0.1, 0.15) is 25.7 Å². The van der Waals surface area contributed by atoms with Gasteiger partial charge in [-0.25, -0.2) is 4.99 Å². The van der Waals surface area contributed by atoms with Crippen molar-refractivity contribution in [1.29, 1.82) is 5.26 Å². The Hall–Kier alpha value is -2.83. The molecule has 0 spiro atoms. The molecule has 0 saturated carbocycles. The minimum Gasteiger partial charge on any atom is -0.369 e. The smallest absolute Gasteiger partial charge is 0.216 e. The Balaban J connectivity index is 0.00000625. The number of nitriles is 1. The van der Waals surface area contributed by atoms with Gasteiger partial charge >= 0.3 is 0 Å². The molecule has 9 nitrogen and oxygen atoms in total. The van der Waals surface area contributed by atoms with E-state index < -0.39 is 0 Å². The molecule has 0 heterocycles. The van der Waals surface area contributed by atoms with Crippen molar-refractivity contribution in [2.24, 2.45) is 26.4 Å². The average Bonchev–Trinajstić information content (AvgIpc) is 2.59. The minimum absolute atomic E-state index is 0. The summed E-state index contributed by atoms with van der Waals surface area (Å²) in [7, 11) is 0. The van der Waals surface area contributed by atoms with Crippen LogP contribution >= 0.6 is 11.6 Å². The topological polar surface area (TPSA) is 172 Å². The third-order valence-electron chi connectivity index (χ3n) is 3.08. The van der Waals surface area contributed by atoms with Crippen molar-refractivity contribution in [2.45, 2.75) is 25.7 Å². The number of rotatable bonds is 9. The van der Waals surface area contributed by atoms with Gasteiger partial charge in [-0.1, -0.05) is 24.4 Å². The zero-order valence-corrected chi connectivity index (χ0v) is 15.4. The summed E-state index contributed by atoms with van der Waals surface area (Å²) < 4.78 is 0. The van der Waals surface area contributed by atoms with Gasteiger partial charge in [0.1, 0.15) is 0 Å². The molecule has 0 aromatic heterocycles. The van der Waals surface area contributed by atoms with Crippen LogP contribution in [0.2, 0.25) is 5.02 Å². The maximum Gasteiger partial charge on any atom is 0.216 e. The highest BCUT2D eigenvalue weighted by molar-refractivity contribution is 6.30. The Morgan fingerprint density at radius 2 is 1.69 bits per heavy atom. The molecule has 9 N–H and O–H groups in total. The van der Waals surface area contributed by atoms with Crippen LogP contribution in [0, 0.1) is 11.5 Å². The molecule has 1 aromatic carbocycles. The van der Waals surface area contributed by atoms with Crippen molar-refractivity contribution in [3.05, 3.63) is 29.3 Å². The molecule has 0 amide bonds. The number of hydrogen-bond donors (Lipinski definition) is 5. The molecular formula is C16H26ClN9. The molecule has 1 aromatic rings. The van der Waals surface area contributed by atoms with E-state index in [4.69, 9.17) is 28.3 Å². The van der Waals surface area contributed by atoms with Crippen molar-refractivity contribution in [2.75, 3.05) is 18.4 Å². The summed E-state index contributed by atoms with van der Waals surface area (Å²) in [6.45, 7) is 1.23. The lowest BCUT2D eigenvalue weighted by molar-refractivity contribution is 0.653. The Morgan fingerprint density at radius 3 is 2.31 bits per heavy atom. The van der Waals surface area contributed by atoms with Gasteiger partial charge in [-0.15, -0.1) is 0 Å². The Labute approximate surface area is 158 Å². The van der Waals surface area contributed by atoms with E-state index in [9.17, 15) is 0 Å². The fraction of sp³-hybridized carbons (Fsp3) is 0.375. The van der Waals surface area contributed by atoms with Crippen LogP contribution < -0.4 is 28.3 Å². The number of benzene rings is 1. The highest BCUT2D eigenvalue weighted by Gasteiger charge is 1.93. The standard InChI is InChI=1S/C16H23ClN8.H3N/c17-13-5-7-14(8-6-13)24-12-25-16(20)22-10-4-2-1-3-9-21-15(19)23-11-18;/h5-8,12H,1-4,9-10H2,(H3,19,21,23)(H3,20,22,24,25);1H3. The number of unbranched alkanes of at least 4 members (excludes halogenated alkanes) is 3. The second kappa shape index (κ2) is 14.5. The van der Waals surface area contributed by atoms with E-state index >= 15 is 0 Å². The lowest BCUT2D eigenvalue weighted by Gasteiger charge is -2.00. The maximum atomic E-state index is 8.34. The van der Waals surface area contributed by atoms with Crippen LogP contribution in [-0.2, 0) is 0 Å². The van der Waals surface area contributed by atoms with Gasteiger partial charge < -0.3 is 22.9 Å². The average molecular weight is 380 g/mol. The first-order valence-corrected chi connectivity index (χ1v) is 8.29. The fourth-order valence-electron chi connectivity index (χ4n) is 1.83. The van der Waals surface area contributed by atoms with E-state index in [0.29, 0.717) is 18.1 Å². The van der Waals surface area contributed by atoms with Crippen LogP contribution in [0.15, 0.2) is 39.2 Å². The fourth-order valence-corrected chi connectivity index (χ4v) is 1.95. The molecule has 0 radical (unpaired) electrons. The third kappa shape index (κ3) is 11.7. The molecule has 26 heavy (non-hydrogen) atoms. The summed E-state index contributed by atoms with van der Waals surface area (Å²) in [6.07, 6.45) is 7.09. The zero-order valence-electron chi connectivity index (χ0n) is 14.7. The van der Waals surface area contributed by atoms with Gasteiger partial charge in [0.2, 0.25) is 11.9 Å². The largest absolute Gasteiger partial charge is 0.369 e. The molecule has 10 heteroatoms. The lowest BCUT2D eigenvalue weighted by Crippen LogP contribution is -2.27. The first-order valence-electron chi connectivity index (χ1n) is 7.91. The zero-order chi connectivity index (χ0) is 18.3. The normalized spacial score (nSPS) is 11.7. The van der Waals surface area contributed by atoms with Crippen LogP contribution in [0.25, 0.3) is 0 Å². The van der Waals surface area contributed by atoms with Gasteiger partial charge in [0.25, 0.3) is 0 Å². The predicted molar refractivity (Wildman–Crippen MR) is 109 cm³/mol. The highest BCUT2D eigenvalue weighted by Crippen LogP contribution is 2.12. The summed E-state index contributed by atoms with van der Waals surface area (Å²) in [4.78, 5) is 12.2. The van der Waals surface area contributed by atoms with Crippen LogP contribution in [-0.4, -0.2) is 31.3 Å². The van der Waals surface area contributed by atoms with Crippen LogP contribution in [0.4, 0.5) is 5.69 Å². The summed E-state index contributed by atoms with van der Waals surface area (Å²) >= 11 is 5.81. The number of nitrogens with two attached hydrogens (primary N) is 2. The first kappa shape index (κ1) is 23.2. The monoisotopic (exact) mass is 379 g/mol. The third-order valence-corrected chi connectivity index (χ3v) is 3.33. The number of nitrogens with one attached hydrogen (secondary N) is 2. The van der Waals surface area contributed by atoms with Gasteiger partial charge in [-0.3, -0.25) is 15.3 Å². The molecule has 0 aliphatic carbocycles. The molecule has 142 valence electrons.